The van der Waals surface area contributed by atoms with Gasteiger partial charge < -0.3 is 4.90 Å². The molecule has 0 N–H and O–H groups in total. The normalized spacial score (nSPS) is 10.4. The quantitative estimate of drug-likeness (QED) is 0.871. The molecule has 0 aliphatic rings. The van der Waals surface area contributed by atoms with Crippen LogP contribution in [0.4, 0.5) is 0 Å². The zero-order valence-electron chi connectivity index (χ0n) is 10.1. The van der Waals surface area contributed by atoms with E-state index in [-0.39, 0.29) is 5.91 Å². The molecule has 1 heterocycles. The van der Waals surface area contributed by atoms with Gasteiger partial charge in [0, 0.05) is 18.1 Å². The molecule has 0 unspecified atom stereocenters. The van der Waals surface area contributed by atoms with Crippen LogP contribution in [0.5, 0.6) is 0 Å². The Labute approximate surface area is 118 Å². The molecule has 6 heteroatoms. The topological polar surface area (TPSA) is 46.1 Å². The minimum atomic E-state index is -0.0394. The summed E-state index contributed by atoms with van der Waals surface area (Å²) in [6, 6.07) is 7.91. The molecule has 0 aliphatic heterocycles. The molecule has 0 spiro atoms. The van der Waals surface area contributed by atoms with Crippen molar-refractivity contribution in [3.05, 3.63) is 44.9 Å². The lowest BCUT2D eigenvalue weighted by molar-refractivity contribution is 0.0789. The monoisotopic (exact) mass is 325 g/mol. The predicted octanol–water partition coefficient (Wildman–Crippen LogP) is 2.88. The summed E-state index contributed by atoms with van der Waals surface area (Å²) in [7, 11) is 1.78. The van der Waals surface area contributed by atoms with Gasteiger partial charge >= 0.3 is 0 Å². The lowest BCUT2D eigenvalue weighted by Crippen LogP contribution is -2.26. The predicted molar refractivity (Wildman–Crippen MR) is 74.6 cm³/mol. The van der Waals surface area contributed by atoms with E-state index in [1.165, 1.54) is 0 Å². The summed E-state index contributed by atoms with van der Waals surface area (Å²) in [6.45, 7) is 2.36. The summed E-state index contributed by atoms with van der Waals surface area (Å²) in [4.78, 5) is 14.4. The molecule has 4 nitrogen and oxygen atoms in total. The standard InChI is InChI=1S/C12H12BrN3OS/c1-8-11(18-15-14-8)12(17)16(2)7-9-4-3-5-10(13)6-9/h3-6H,7H2,1-2H3. The fourth-order valence-electron chi connectivity index (χ4n) is 1.58. The molecule has 94 valence electrons. The van der Waals surface area contributed by atoms with Crippen LogP contribution in [-0.2, 0) is 6.54 Å². The van der Waals surface area contributed by atoms with Crippen molar-refractivity contribution in [1.29, 1.82) is 0 Å². The van der Waals surface area contributed by atoms with Crippen LogP contribution < -0.4 is 0 Å². The number of hydrogen-bond acceptors (Lipinski definition) is 4. The Morgan fingerprint density at radius 3 is 2.89 bits per heavy atom. The number of halogens is 1. The van der Waals surface area contributed by atoms with E-state index in [1.807, 2.05) is 24.3 Å². The van der Waals surface area contributed by atoms with Crippen molar-refractivity contribution in [1.82, 2.24) is 14.5 Å². The Bertz CT molecular complexity index is 570. The Hall–Kier alpha value is -1.27. The lowest BCUT2D eigenvalue weighted by Gasteiger charge is -2.16. The molecule has 0 saturated heterocycles. The number of rotatable bonds is 3. The van der Waals surface area contributed by atoms with Crippen molar-refractivity contribution >= 4 is 33.4 Å². The van der Waals surface area contributed by atoms with Crippen LogP contribution in [0, 0.1) is 6.92 Å². The first-order valence-corrected chi connectivity index (χ1v) is 6.93. The molecule has 1 amide bonds. The van der Waals surface area contributed by atoms with Gasteiger partial charge in [-0.05, 0) is 36.2 Å². The summed E-state index contributed by atoms with van der Waals surface area (Å²) in [5, 5.41) is 3.85. The fraction of sp³-hybridized carbons (Fsp3) is 0.250. The largest absolute Gasteiger partial charge is 0.337 e. The van der Waals surface area contributed by atoms with Crippen molar-refractivity contribution < 1.29 is 4.79 Å². The molecule has 2 aromatic rings. The number of aryl methyl sites for hydroxylation is 1. The van der Waals surface area contributed by atoms with E-state index < -0.39 is 0 Å². The number of aromatic nitrogens is 2. The number of hydrogen-bond donors (Lipinski definition) is 0. The molecule has 18 heavy (non-hydrogen) atoms. The van der Waals surface area contributed by atoms with Crippen molar-refractivity contribution in [3.63, 3.8) is 0 Å². The zero-order valence-corrected chi connectivity index (χ0v) is 12.5. The third-order valence-corrected chi connectivity index (χ3v) is 3.81. The van der Waals surface area contributed by atoms with Gasteiger partial charge in [0.05, 0.1) is 5.69 Å². The molecule has 2 rings (SSSR count). The first kappa shape index (κ1) is 13.2. The van der Waals surface area contributed by atoms with Gasteiger partial charge in [0.25, 0.3) is 5.91 Å². The van der Waals surface area contributed by atoms with E-state index in [9.17, 15) is 4.79 Å². The first-order valence-electron chi connectivity index (χ1n) is 5.37. The number of nitrogens with zero attached hydrogens (tertiary/aromatic N) is 3. The molecule has 0 fully saturated rings. The average Bonchev–Trinajstić information content (AvgIpc) is 2.74. The van der Waals surface area contributed by atoms with Gasteiger partial charge in [-0.3, -0.25) is 4.79 Å². The second-order valence-electron chi connectivity index (χ2n) is 3.98. The number of carbonyl (C=O) groups excluding carboxylic acids is 1. The second-order valence-corrected chi connectivity index (χ2v) is 5.65. The van der Waals surface area contributed by atoms with Crippen LogP contribution in [0.2, 0.25) is 0 Å². The average molecular weight is 326 g/mol. The third-order valence-electron chi connectivity index (χ3n) is 2.50. The maximum absolute atomic E-state index is 12.2. The molecule has 0 atom stereocenters. The van der Waals surface area contributed by atoms with E-state index in [4.69, 9.17) is 0 Å². The van der Waals surface area contributed by atoms with Gasteiger partial charge in [0.1, 0.15) is 4.88 Å². The Morgan fingerprint density at radius 2 is 2.28 bits per heavy atom. The van der Waals surface area contributed by atoms with E-state index in [1.54, 1.807) is 18.9 Å². The molecule has 0 saturated carbocycles. The van der Waals surface area contributed by atoms with Gasteiger partial charge in [-0.2, -0.15) is 0 Å². The van der Waals surface area contributed by atoms with Crippen LogP contribution in [0.15, 0.2) is 28.7 Å². The molecule has 1 aromatic heterocycles. The first-order chi connectivity index (χ1) is 8.58. The minimum absolute atomic E-state index is 0.0394. The van der Waals surface area contributed by atoms with E-state index >= 15 is 0 Å². The van der Waals surface area contributed by atoms with Crippen LogP contribution in [-0.4, -0.2) is 27.4 Å². The van der Waals surface area contributed by atoms with Gasteiger partial charge in [0.15, 0.2) is 0 Å². The SMILES string of the molecule is Cc1nnsc1C(=O)N(C)Cc1cccc(Br)c1. The van der Waals surface area contributed by atoms with Crippen LogP contribution in [0.1, 0.15) is 20.9 Å². The maximum Gasteiger partial charge on any atom is 0.267 e. The number of amides is 1. The Balaban J connectivity index is 2.11. The van der Waals surface area contributed by atoms with Gasteiger partial charge in [-0.15, -0.1) is 5.10 Å². The summed E-state index contributed by atoms with van der Waals surface area (Å²) in [5.74, 6) is -0.0394. The van der Waals surface area contributed by atoms with Crippen LogP contribution in [0.3, 0.4) is 0 Å². The maximum atomic E-state index is 12.2. The lowest BCUT2D eigenvalue weighted by atomic mass is 10.2. The van der Waals surface area contributed by atoms with Gasteiger partial charge in [-0.25, -0.2) is 0 Å². The van der Waals surface area contributed by atoms with E-state index in [0.717, 1.165) is 21.6 Å². The number of carbonyl (C=O) groups is 1. The fourth-order valence-corrected chi connectivity index (χ4v) is 2.68. The highest BCUT2D eigenvalue weighted by Crippen LogP contribution is 2.16. The molecule has 0 bridgehead atoms. The van der Waals surface area contributed by atoms with Crippen molar-refractivity contribution in [2.24, 2.45) is 0 Å². The highest BCUT2D eigenvalue weighted by atomic mass is 79.9. The summed E-state index contributed by atoms with van der Waals surface area (Å²) < 4.78 is 4.79. The van der Waals surface area contributed by atoms with E-state index in [2.05, 4.69) is 25.5 Å². The van der Waals surface area contributed by atoms with Crippen molar-refractivity contribution in [2.45, 2.75) is 13.5 Å². The summed E-state index contributed by atoms with van der Waals surface area (Å²) >= 11 is 4.56. The van der Waals surface area contributed by atoms with Crippen LogP contribution in [0.25, 0.3) is 0 Å². The minimum Gasteiger partial charge on any atom is -0.337 e. The summed E-state index contributed by atoms with van der Waals surface area (Å²) in [5.41, 5.74) is 1.77. The molecular weight excluding hydrogens is 314 g/mol. The van der Waals surface area contributed by atoms with Crippen LogP contribution >= 0.6 is 27.5 Å². The summed E-state index contributed by atoms with van der Waals surface area (Å²) in [6.07, 6.45) is 0. The molecule has 0 aliphatic carbocycles. The van der Waals surface area contributed by atoms with E-state index in [0.29, 0.717) is 17.1 Å². The highest BCUT2D eigenvalue weighted by Gasteiger charge is 2.17. The third kappa shape index (κ3) is 2.94. The van der Waals surface area contributed by atoms with Gasteiger partial charge in [0.2, 0.25) is 0 Å². The number of benzene rings is 1. The van der Waals surface area contributed by atoms with Gasteiger partial charge in [-0.1, -0.05) is 32.6 Å². The second kappa shape index (κ2) is 5.58. The molecule has 0 radical (unpaired) electrons. The molecular formula is C12H12BrN3OS. The van der Waals surface area contributed by atoms with Crippen molar-refractivity contribution in [2.75, 3.05) is 7.05 Å². The highest BCUT2D eigenvalue weighted by molar-refractivity contribution is 9.10. The Kier molecular flexibility index (Phi) is 4.08. The smallest absolute Gasteiger partial charge is 0.267 e. The van der Waals surface area contributed by atoms with Crippen molar-refractivity contribution in [3.8, 4) is 0 Å². The zero-order chi connectivity index (χ0) is 13.1. The Morgan fingerprint density at radius 1 is 1.50 bits per heavy atom. The molecule has 1 aromatic carbocycles.